The lowest BCUT2D eigenvalue weighted by atomic mass is 9.86. The van der Waals surface area contributed by atoms with Gasteiger partial charge in [-0.1, -0.05) is 72.8 Å². The molecule has 1 aromatic heterocycles. The van der Waals surface area contributed by atoms with Gasteiger partial charge in [0.1, 0.15) is 37.6 Å². The molecule has 4 aromatic carbocycles. The number of imidazole rings is 1. The molecule has 0 unspecified atom stereocenters. The summed E-state index contributed by atoms with van der Waals surface area (Å²) in [5, 5.41) is 22.4. The van der Waals surface area contributed by atoms with Gasteiger partial charge >= 0.3 is 5.97 Å². The Morgan fingerprint density at radius 3 is 2.22 bits per heavy atom. The van der Waals surface area contributed by atoms with Gasteiger partial charge in [0.25, 0.3) is 0 Å². The van der Waals surface area contributed by atoms with E-state index in [9.17, 15) is 15.0 Å². The largest absolute Gasteiger partial charge is 0.490 e. The topological polar surface area (TPSA) is 122 Å². The molecule has 0 bridgehead atoms. The van der Waals surface area contributed by atoms with Gasteiger partial charge in [-0.2, -0.15) is 0 Å². The number of carbonyl (C=O) groups is 1. The quantitative estimate of drug-likeness (QED) is 0.231. The zero-order chi connectivity index (χ0) is 30.9. The number of esters is 1. The molecule has 0 saturated carbocycles. The molecule has 10 heteroatoms. The minimum Gasteiger partial charge on any atom is -0.490 e. The Balaban J connectivity index is 1.29. The van der Waals surface area contributed by atoms with E-state index in [-0.39, 0.29) is 42.6 Å². The summed E-state index contributed by atoms with van der Waals surface area (Å²) in [6, 6.07) is 28.4. The molecule has 230 valence electrons. The second-order valence-corrected chi connectivity index (χ2v) is 11.1. The lowest BCUT2D eigenvalue weighted by Crippen LogP contribution is -2.58. The van der Waals surface area contributed by atoms with Crippen molar-refractivity contribution in [1.82, 2.24) is 9.55 Å². The van der Waals surface area contributed by atoms with Crippen LogP contribution in [0.25, 0.3) is 11.0 Å². The van der Waals surface area contributed by atoms with Crippen molar-refractivity contribution in [3.05, 3.63) is 120 Å². The van der Waals surface area contributed by atoms with Crippen molar-refractivity contribution in [2.45, 2.75) is 50.3 Å². The second kappa shape index (κ2) is 12.2. The Morgan fingerprint density at radius 1 is 0.844 bits per heavy atom. The summed E-state index contributed by atoms with van der Waals surface area (Å²) in [6.45, 7) is 0.576. The number of methoxy groups -OCH3 is 1. The van der Waals surface area contributed by atoms with Crippen LogP contribution in [0.5, 0.6) is 17.2 Å². The molecule has 5 atom stereocenters. The van der Waals surface area contributed by atoms with Gasteiger partial charge in [-0.15, -0.1) is 0 Å². The van der Waals surface area contributed by atoms with Crippen LogP contribution < -0.4 is 14.2 Å². The van der Waals surface area contributed by atoms with Gasteiger partial charge in [0.15, 0.2) is 17.6 Å². The van der Waals surface area contributed by atoms with Crippen LogP contribution in [-0.2, 0) is 29.2 Å². The summed E-state index contributed by atoms with van der Waals surface area (Å²) in [4.78, 5) is 17.9. The Bertz CT molecular complexity index is 1810. The van der Waals surface area contributed by atoms with E-state index in [0.717, 1.165) is 22.2 Å². The molecule has 10 nitrogen and oxygen atoms in total. The van der Waals surface area contributed by atoms with Crippen LogP contribution in [0, 0.1) is 0 Å². The van der Waals surface area contributed by atoms with E-state index in [2.05, 4.69) is 4.98 Å². The summed E-state index contributed by atoms with van der Waals surface area (Å²) in [5.41, 5.74) is 4.00. The van der Waals surface area contributed by atoms with Gasteiger partial charge in [-0.05, 0) is 29.3 Å². The van der Waals surface area contributed by atoms with Crippen LogP contribution in [0.4, 0.5) is 0 Å². The number of para-hydroxylation sites is 2. The highest BCUT2D eigenvalue weighted by Crippen LogP contribution is 2.51. The van der Waals surface area contributed by atoms with Gasteiger partial charge < -0.3 is 38.5 Å². The molecular formula is C35H32N2O8. The van der Waals surface area contributed by atoms with E-state index in [0.29, 0.717) is 5.56 Å². The molecule has 3 heterocycles. The van der Waals surface area contributed by atoms with Crippen LogP contribution in [-0.4, -0.2) is 57.3 Å². The summed E-state index contributed by atoms with van der Waals surface area (Å²) in [6.07, 6.45) is -4.13. The maximum atomic E-state index is 13.5. The Kier molecular flexibility index (Phi) is 7.85. The number of fused-ring (bicyclic) bond motifs is 4. The molecule has 5 aromatic rings. The smallest absolute Gasteiger partial charge is 0.339 e. The van der Waals surface area contributed by atoms with Crippen molar-refractivity contribution < 1.29 is 38.7 Å². The maximum absolute atomic E-state index is 13.5. The van der Waals surface area contributed by atoms with Gasteiger partial charge in [-0.3, -0.25) is 0 Å². The molecule has 2 aliphatic heterocycles. The monoisotopic (exact) mass is 608 g/mol. The second-order valence-electron chi connectivity index (χ2n) is 11.1. The van der Waals surface area contributed by atoms with E-state index in [1.165, 1.54) is 7.11 Å². The van der Waals surface area contributed by atoms with Crippen molar-refractivity contribution in [2.24, 2.45) is 0 Å². The average molecular weight is 609 g/mol. The molecule has 0 aliphatic carbocycles. The SMILES string of the molecule is COc1c(OCc2ccccc2)cc2c(c1OCc1ccccc1)[C@@H]1O[C@H](Cn3cnc4ccccc43)[C@@H](O)[C@H](O)[C@H]1OC2=O. The normalized spacial score (nSPS) is 22.3. The molecule has 45 heavy (non-hydrogen) atoms. The molecule has 2 aliphatic rings. The Hall–Kier alpha value is -4.90. The number of hydrogen-bond donors (Lipinski definition) is 2. The van der Waals surface area contributed by atoms with Crippen molar-refractivity contribution in [3.63, 3.8) is 0 Å². The number of ether oxygens (including phenoxy) is 5. The van der Waals surface area contributed by atoms with E-state index >= 15 is 0 Å². The molecule has 1 saturated heterocycles. The Labute approximate surface area is 259 Å². The molecule has 0 spiro atoms. The van der Waals surface area contributed by atoms with Crippen molar-refractivity contribution in [2.75, 3.05) is 7.11 Å². The number of hydrogen-bond acceptors (Lipinski definition) is 9. The third-order valence-electron chi connectivity index (χ3n) is 8.25. The number of aromatic nitrogens is 2. The summed E-state index contributed by atoms with van der Waals surface area (Å²) >= 11 is 0. The number of rotatable bonds is 9. The van der Waals surface area contributed by atoms with Crippen LogP contribution in [0.3, 0.4) is 0 Å². The molecule has 1 fully saturated rings. The van der Waals surface area contributed by atoms with E-state index in [1.807, 2.05) is 89.5 Å². The fraction of sp³-hybridized carbons (Fsp3) is 0.257. The third-order valence-corrected chi connectivity index (χ3v) is 8.25. The number of benzene rings is 4. The third kappa shape index (κ3) is 5.48. The minimum atomic E-state index is -1.43. The fourth-order valence-corrected chi connectivity index (χ4v) is 5.98. The summed E-state index contributed by atoms with van der Waals surface area (Å²) in [7, 11) is 1.50. The first kappa shape index (κ1) is 28.8. The number of nitrogens with zero attached hydrogens (tertiary/aromatic N) is 2. The fourth-order valence-electron chi connectivity index (χ4n) is 5.98. The van der Waals surface area contributed by atoms with Gasteiger partial charge in [0.05, 0.1) is 36.6 Å². The summed E-state index contributed by atoms with van der Waals surface area (Å²) < 4.78 is 32.5. The molecule has 0 radical (unpaired) electrons. The highest BCUT2D eigenvalue weighted by atomic mass is 16.6. The molecule has 2 N–H and O–H groups in total. The number of aliphatic hydroxyl groups is 2. The molecular weight excluding hydrogens is 576 g/mol. The van der Waals surface area contributed by atoms with Crippen molar-refractivity contribution in [3.8, 4) is 17.2 Å². The first-order valence-electron chi connectivity index (χ1n) is 14.7. The van der Waals surface area contributed by atoms with E-state index in [4.69, 9.17) is 23.7 Å². The van der Waals surface area contributed by atoms with Crippen molar-refractivity contribution in [1.29, 1.82) is 0 Å². The number of carbonyl (C=O) groups excluding carboxylic acids is 1. The predicted molar refractivity (Wildman–Crippen MR) is 163 cm³/mol. The highest BCUT2D eigenvalue weighted by molar-refractivity contribution is 5.95. The molecule has 0 amide bonds. The maximum Gasteiger partial charge on any atom is 0.339 e. The lowest BCUT2D eigenvalue weighted by molar-refractivity contribution is -0.231. The zero-order valence-corrected chi connectivity index (χ0v) is 24.5. The number of aliphatic hydroxyl groups excluding tert-OH is 2. The standard InChI is InChI=1S/C35H32N2O8/c1-41-31-26(42-18-21-10-4-2-5-11-21)16-23-28(32(31)43-19-22-12-6-3-7-13-22)33-34(45-35(23)40)30(39)29(38)27(44-33)17-37-20-36-24-14-8-9-15-25(24)37/h2-16,20,27,29-30,33-34,38-39H,17-19H2,1H3/t27-,29-,30+,33+,34-/m1/s1. The minimum absolute atomic E-state index is 0.161. The van der Waals surface area contributed by atoms with Gasteiger partial charge in [0, 0.05) is 5.56 Å². The average Bonchev–Trinajstić information content (AvgIpc) is 3.49. The Morgan fingerprint density at radius 2 is 1.51 bits per heavy atom. The van der Waals surface area contributed by atoms with Crippen LogP contribution >= 0.6 is 0 Å². The van der Waals surface area contributed by atoms with Crippen LogP contribution in [0.1, 0.15) is 33.2 Å². The first-order valence-corrected chi connectivity index (χ1v) is 14.7. The molecule has 7 rings (SSSR count). The van der Waals surface area contributed by atoms with Gasteiger partial charge in [0.2, 0.25) is 5.75 Å². The van der Waals surface area contributed by atoms with Crippen molar-refractivity contribution >= 4 is 17.0 Å². The van der Waals surface area contributed by atoms with E-state index < -0.39 is 36.5 Å². The first-order chi connectivity index (χ1) is 22.0. The van der Waals surface area contributed by atoms with Crippen LogP contribution in [0.2, 0.25) is 0 Å². The van der Waals surface area contributed by atoms with Crippen LogP contribution in [0.15, 0.2) is 97.3 Å². The lowest BCUT2D eigenvalue weighted by Gasteiger charge is -2.45. The van der Waals surface area contributed by atoms with E-state index in [1.54, 1.807) is 12.4 Å². The highest BCUT2D eigenvalue weighted by Gasteiger charge is 2.52. The predicted octanol–water partition coefficient (Wildman–Crippen LogP) is 4.60. The van der Waals surface area contributed by atoms with Gasteiger partial charge in [-0.25, -0.2) is 9.78 Å². The zero-order valence-electron chi connectivity index (χ0n) is 24.5. The summed E-state index contributed by atoms with van der Waals surface area (Å²) in [5.74, 6) is 0.104.